The number of aliphatic hydroxyl groups is 1. The summed E-state index contributed by atoms with van der Waals surface area (Å²) in [5.74, 6) is 1.00. The third kappa shape index (κ3) is 2.66. The van der Waals surface area contributed by atoms with Crippen LogP contribution in [0.2, 0.25) is 5.02 Å². The zero-order valence-electron chi connectivity index (χ0n) is 15.5. The lowest BCUT2D eigenvalue weighted by Crippen LogP contribution is -2.29. The Morgan fingerprint density at radius 2 is 1.86 bits per heavy atom. The lowest BCUT2D eigenvalue weighted by atomic mass is 9.80. The summed E-state index contributed by atoms with van der Waals surface area (Å²) in [4.78, 5) is 13.2. The van der Waals surface area contributed by atoms with Crippen molar-refractivity contribution in [3.63, 3.8) is 0 Å². The summed E-state index contributed by atoms with van der Waals surface area (Å²) in [5.41, 5.74) is 2.23. The first kappa shape index (κ1) is 17.8. The maximum atomic E-state index is 13.2. The second kappa shape index (κ2) is 6.64. The van der Waals surface area contributed by atoms with Crippen LogP contribution in [0.1, 0.15) is 30.9 Å². The van der Waals surface area contributed by atoms with Gasteiger partial charge in [0.2, 0.25) is 0 Å². The molecule has 4 atom stereocenters. The van der Waals surface area contributed by atoms with E-state index in [2.05, 4.69) is 0 Å². The van der Waals surface area contributed by atoms with Crippen molar-refractivity contribution in [2.24, 2.45) is 11.8 Å². The fourth-order valence-electron chi connectivity index (χ4n) is 4.92. The number of rotatable bonds is 4. The molecule has 5 heteroatoms. The Hall–Kier alpha value is -2.30. The number of carbonyl (C=O) groups is 1. The molecule has 144 valence electrons. The van der Waals surface area contributed by atoms with E-state index in [-0.39, 0.29) is 35.6 Å². The standard InChI is InChI=1S/C23H21ClO4/c1-2-12-6-7-15(27-14-5-3-4-13(24)10-14)11-16(12)19-22(25)20-17-8-9-18(28-17)21(20)23(19)26/h3-7,10-11,17-18,20-21,25H,2,8-9H2,1H3/t17?,18?,20-,21+/m1/s1. The van der Waals surface area contributed by atoms with Gasteiger partial charge in [-0.1, -0.05) is 30.7 Å². The number of Topliss-reactive ketones (excluding diaryl/α,β-unsaturated/α-hetero) is 1. The predicted octanol–water partition coefficient (Wildman–Crippen LogP) is 5.34. The van der Waals surface area contributed by atoms with Crippen LogP contribution < -0.4 is 4.74 Å². The number of fused-ring (bicyclic) bond motifs is 5. The van der Waals surface area contributed by atoms with Gasteiger partial charge in [0.15, 0.2) is 5.78 Å². The molecule has 0 saturated carbocycles. The Morgan fingerprint density at radius 3 is 2.57 bits per heavy atom. The first-order valence-corrected chi connectivity index (χ1v) is 10.1. The van der Waals surface area contributed by atoms with Crippen LogP contribution in [-0.4, -0.2) is 23.1 Å². The first-order chi connectivity index (χ1) is 13.6. The highest BCUT2D eigenvalue weighted by Gasteiger charge is 2.59. The Kier molecular flexibility index (Phi) is 4.22. The molecule has 0 spiro atoms. The van der Waals surface area contributed by atoms with Crippen LogP contribution in [0.4, 0.5) is 0 Å². The van der Waals surface area contributed by atoms with E-state index >= 15 is 0 Å². The van der Waals surface area contributed by atoms with Crippen molar-refractivity contribution >= 4 is 23.0 Å². The van der Waals surface area contributed by atoms with Gasteiger partial charge in [-0.2, -0.15) is 0 Å². The fraction of sp³-hybridized carbons (Fsp3) is 0.348. The maximum absolute atomic E-state index is 13.2. The third-order valence-corrected chi connectivity index (χ3v) is 6.39. The minimum Gasteiger partial charge on any atom is -0.511 e. The first-order valence-electron chi connectivity index (χ1n) is 9.76. The molecule has 2 heterocycles. The van der Waals surface area contributed by atoms with E-state index in [0.29, 0.717) is 22.1 Å². The molecule has 1 N–H and O–H groups in total. The van der Waals surface area contributed by atoms with Crippen LogP contribution in [0.5, 0.6) is 11.5 Å². The van der Waals surface area contributed by atoms with Crippen molar-refractivity contribution < 1.29 is 19.4 Å². The van der Waals surface area contributed by atoms with E-state index in [4.69, 9.17) is 21.1 Å². The van der Waals surface area contributed by atoms with Crippen molar-refractivity contribution in [1.82, 2.24) is 0 Å². The van der Waals surface area contributed by atoms with Crippen molar-refractivity contribution in [3.05, 3.63) is 64.4 Å². The Bertz CT molecular complexity index is 996. The topological polar surface area (TPSA) is 55.8 Å². The third-order valence-electron chi connectivity index (χ3n) is 6.16. The van der Waals surface area contributed by atoms with Gasteiger partial charge in [-0.3, -0.25) is 4.79 Å². The van der Waals surface area contributed by atoms with E-state index in [0.717, 1.165) is 30.4 Å². The lowest BCUT2D eigenvalue weighted by molar-refractivity contribution is -0.118. The van der Waals surface area contributed by atoms with E-state index in [9.17, 15) is 9.90 Å². The zero-order valence-corrected chi connectivity index (χ0v) is 16.3. The zero-order chi connectivity index (χ0) is 19.4. The van der Waals surface area contributed by atoms with Crippen LogP contribution in [0.3, 0.4) is 0 Å². The average Bonchev–Trinajstić information content (AvgIpc) is 3.36. The molecule has 2 aromatic carbocycles. The minimum absolute atomic E-state index is 0.00399. The van der Waals surface area contributed by atoms with Crippen molar-refractivity contribution in [3.8, 4) is 11.5 Å². The van der Waals surface area contributed by atoms with E-state index in [1.54, 1.807) is 12.1 Å². The average molecular weight is 397 g/mol. The van der Waals surface area contributed by atoms with Crippen LogP contribution in [0.25, 0.3) is 5.57 Å². The van der Waals surface area contributed by atoms with Crippen LogP contribution >= 0.6 is 11.6 Å². The van der Waals surface area contributed by atoms with Gasteiger partial charge in [-0.15, -0.1) is 0 Å². The summed E-state index contributed by atoms with van der Waals surface area (Å²) >= 11 is 6.04. The van der Waals surface area contributed by atoms with Gasteiger partial charge >= 0.3 is 0 Å². The molecule has 0 radical (unpaired) electrons. The highest BCUT2D eigenvalue weighted by Crippen LogP contribution is 2.54. The molecule has 3 aliphatic rings. The van der Waals surface area contributed by atoms with Crippen molar-refractivity contribution in [1.29, 1.82) is 0 Å². The number of ether oxygens (including phenoxy) is 2. The molecular weight excluding hydrogens is 376 g/mol. The highest BCUT2D eigenvalue weighted by molar-refractivity contribution is 6.30. The second-order valence-electron chi connectivity index (χ2n) is 7.70. The van der Waals surface area contributed by atoms with Crippen LogP contribution in [0.15, 0.2) is 48.2 Å². The predicted molar refractivity (Wildman–Crippen MR) is 107 cm³/mol. The van der Waals surface area contributed by atoms with Gasteiger partial charge in [-0.05, 0) is 60.7 Å². The molecular formula is C23H21ClO4. The maximum Gasteiger partial charge on any atom is 0.173 e. The number of aryl methyl sites for hydroxylation is 1. The highest BCUT2D eigenvalue weighted by atomic mass is 35.5. The Balaban J connectivity index is 1.55. The Morgan fingerprint density at radius 1 is 1.11 bits per heavy atom. The summed E-state index contributed by atoms with van der Waals surface area (Å²) < 4.78 is 11.8. The quantitative estimate of drug-likeness (QED) is 0.757. The van der Waals surface area contributed by atoms with Crippen LogP contribution in [0, 0.1) is 11.8 Å². The molecule has 0 amide bonds. The smallest absolute Gasteiger partial charge is 0.173 e. The van der Waals surface area contributed by atoms with E-state index in [1.165, 1.54) is 0 Å². The molecule has 2 unspecified atom stereocenters. The van der Waals surface area contributed by atoms with Gasteiger partial charge in [0.05, 0.1) is 29.6 Å². The summed E-state index contributed by atoms with van der Waals surface area (Å²) in [7, 11) is 0. The minimum atomic E-state index is -0.240. The number of allylic oxidation sites excluding steroid dienone is 1. The van der Waals surface area contributed by atoms with Gasteiger partial charge in [0.1, 0.15) is 17.3 Å². The van der Waals surface area contributed by atoms with Gasteiger partial charge in [0, 0.05) is 5.02 Å². The number of hydrogen-bond donors (Lipinski definition) is 1. The second-order valence-corrected chi connectivity index (χ2v) is 8.13. The van der Waals surface area contributed by atoms with Gasteiger partial charge in [0.25, 0.3) is 0 Å². The summed E-state index contributed by atoms with van der Waals surface area (Å²) in [6.45, 7) is 2.04. The number of ketones is 1. The number of aliphatic hydroxyl groups excluding tert-OH is 1. The van der Waals surface area contributed by atoms with Gasteiger partial charge < -0.3 is 14.6 Å². The molecule has 2 bridgehead atoms. The summed E-state index contributed by atoms with van der Waals surface area (Å²) in [6.07, 6.45) is 2.48. The monoisotopic (exact) mass is 396 g/mol. The molecule has 0 aromatic heterocycles. The van der Waals surface area contributed by atoms with Crippen molar-refractivity contribution in [2.45, 2.75) is 38.4 Å². The lowest BCUT2D eigenvalue weighted by Gasteiger charge is -2.19. The molecule has 5 rings (SSSR count). The fourth-order valence-corrected chi connectivity index (χ4v) is 5.10. The van der Waals surface area contributed by atoms with E-state index < -0.39 is 0 Å². The molecule has 2 aromatic rings. The Labute approximate surface area is 168 Å². The molecule has 2 aliphatic heterocycles. The molecule has 1 aliphatic carbocycles. The SMILES string of the molecule is CCc1ccc(Oc2cccc(Cl)c2)cc1C1=C(O)[C@@H]2C3CCC(O3)[C@@H]2C1=O. The number of benzene rings is 2. The molecule has 2 saturated heterocycles. The van der Waals surface area contributed by atoms with Crippen molar-refractivity contribution in [2.75, 3.05) is 0 Å². The van der Waals surface area contributed by atoms with Gasteiger partial charge in [-0.25, -0.2) is 0 Å². The normalized spacial score (nSPS) is 28.1. The molecule has 2 fully saturated rings. The summed E-state index contributed by atoms with van der Waals surface area (Å²) in [6, 6.07) is 12.9. The van der Waals surface area contributed by atoms with E-state index in [1.807, 2.05) is 37.3 Å². The molecule has 28 heavy (non-hydrogen) atoms. The number of carbonyl (C=O) groups excluding carboxylic acids is 1. The number of halogens is 1. The number of hydrogen-bond acceptors (Lipinski definition) is 4. The molecule has 4 nitrogen and oxygen atoms in total. The van der Waals surface area contributed by atoms with Crippen LogP contribution in [-0.2, 0) is 16.0 Å². The largest absolute Gasteiger partial charge is 0.511 e. The summed E-state index contributed by atoms with van der Waals surface area (Å²) in [5, 5.41) is 11.6.